The molecule has 186 valence electrons. The fourth-order valence-corrected chi connectivity index (χ4v) is 4.94. The summed E-state index contributed by atoms with van der Waals surface area (Å²) in [5, 5.41) is 20.1. The van der Waals surface area contributed by atoms with Crippen LogP contribution < -0.4 is 15.2 Å². The van der Waals surface area contributed by atoms with Gasteiger partial charge in [-0.25, -0.2) is 9.78 Å². The molecule has 9 nitrogen and oxygen atoms in total. The number of allylic oxidation sites excluding steroid dienone is 1. The molecule has 0 bridgehead atoms. The van der Waals surface area contributed by atoms with Crippen LogP contribution in [0.15, 0.2) is 52.1 Å². The van der Waals surface area contributed by atoms with Gasteiger partial charge in [-0.15, -0.1) is 0 Å². The Morgan fingerprint density at radius 3 is 2.50 bits per heavy atom. The zero-order chi connectivity index (χ0) is 26.4. The van der Waals surface area contributed by atoms with Crippen LogP contribution in [0.5, 0.6) is 11.5 Å². The van der Waals surface area contributed by atoms with Crippen LogP contribution in [0.1, 0.15) is 35.2 Å². The highest BCUT2D eigenvalue weighted by molar-refractivity contribution is 7.99. The largest absolute Gasteiger partial charge is 0.493 e. The van der Waals surface area contributed by atoms with Gasteiger partial charge in [-0.2, -0.15) is 10.5 Å². The monoisotopic (exact) mass is 506 g/mol. The van der Waals surface area contributed by atoms with Crippen molar-refractivity contribution in [2.75, 3.05) is 26.6 Å². The lowest BCUT2D eigenvalue weighted by Crippen LogP contribution is -2.27. The van der Waals surface area contributed by atoms with Gasteiger partial charge in [0.15, 0.2) is 11.5 Å². The molecule has 0 unspecified atom stereocenters. The highest BCUT2D eigenvalue weighted by Gasteiger charge is 2.38. The number of benzene rings is 1. The number of rotatable bonds is 8. The molecule has 1 aliphatic heterocycles. The predicted octanol–water partition coefficient (Wildman–Crippen LogP) is 4.00. The number of nitrogens with zero attached hydrogens (tertiary/aromatic N) is 3. The smallest absolute Gasteiger partial charge is 0.338 e. The van der Waals surface area contributed by atoms with E-state index in [2.05, 4.69) is 17.1 Å². The number of methoxy groups -OCH3 is 2. The van der Waals surface area contributed by atoms with E-state index in [1.807, 2.05) is 19.9 Å². The maximum Gasteiger partial charge on any atom is 0.338 e. The molecule has 10 heteroatoms. The molecule has 1 aliphatic rings. The summed E-state index contributed by atoms with van der Waals surface area (Å²) in [5.74, 6) is -0.347. The number of hydrogen-bond acceptors (Lipinski definition) is 10. The molecule has 36 heavy (non-hydrogen) atoms. The van der Waals surface area contributed by atoms with Gasteiger partial charge in [0.25, 0.3) is 0 Å². The molecule has 0 amide bonds. The average Bonchev–Trinajstić information content (AvgIpc) is 2.86. The van der Waals surface area contributed by atoms with E-state index in [9.17, 15) is 15.3 Å². The SMILES string of the molecule is CCOC(=O)C1=C(CSc2nc(C)cc(C)c2C#N)OC(N)=C(C#N)[C@H]1c1ccc(OC)c(OC)c1. The summed E-state index contributed by atoms with van der Waals surface area (Å²) in [5.41, 5.74) is 8.94. The summed E-state index contributed by atoms with van der Waals surface area (Å²) in [4.78, 5) is 17.7. The fourth-order valence-electron chi connectivity index (χ4n) is 3.90. The molecule has 1 aromatic heterocycles. The predicted molar refractivity (Wildman–Crippen MR) is 133 cm³/mol. The minimum Gasteiger partial charge on any atom is -0.493 e. The number of nitriles is 2. The Kier molecular flexibility index (Phi) is 8.46. The minimum atomic E-state index is -0.860. The van der Waals surface area contributed by atoms with Crippen molar-refractivity contribution in [2.24, 2.45) is 5.73 Å². The number of ether oxygens (including phenoxy) is 4. The van der Waals surface area contributed by atoms with Crippen molar-refractivity contribution < 1.29 is 23.7 Å². The number of aryl methyl sites for hydroxylation is 2. The maximum atomic E-state index is 13.2. The van der Waals surface area contributed by atoms with E-state index in [0.717, 1.165) is 11.3 Å². The molecule has 0 saturated heterocycles. The van der Waals surface area contributed by atoms with Crippen molar-refractivity contribution in [1.29, 1.82) is 10.5 Å². The summed E-state index contributed by atoms with van der Waals surface area (Å²) in [6.45, 7) is 5.49. The van der Waals surface area contributed by atoms with Gasteiger partial charge in [0.1, 0.15) is 28.5 Å². The molecule has 2 heterocycles. The van der Waals surface area contributed by atoms with Gasteiger partial charge in [0, 0.05) is 5.69 Å². The van der Waals surface area contributed by atoms with Crippen molar-refractivity contribution >= 4 is 17.7 Å². The molecule has 1 atom stereocenters. The fraction of sp³-hybridized carbons (Fsp3) is 0.308. The van der Waals surface area contributed by atoms with Crippen LogP contribution >= 0.6 is 11.8 Å². The van der Waals surface area contributed by atoms with E-state index in [-0.39, 0.29) is 35.1 Å². The molecular formula is C26H26N4O5S. The number of aromatic nitrogens is 1. The molecule has 0 spiro atoms. The van der Waals surface area contributed by atoms with Crippen LogP contribution in [0.2, 0.25) is 0 Å². The van der Waals surface area contributed by atoms with Gasteiger partial charge in [-0.05, 0) is 50.1 Å². The molecular weight excluding hydrogens is 480 g/mol. The van der Waals surface area contributed by atoms with E-state index in [1.165, 1.54) is 26.0 Å². The van der Waals surface area contributed by atoms with Crippen LogP contribution in [0.3, 0.4) is 0 Å². The molecule has 0 radical (unpaired) electrons. The summed E-state index contributed by atoms with van der Waals surface area (Å²) in [6, 6.07) is 11.2. The van der Waals surface area contributed by atoms with Gasteiger partial charge in [-0.3, -0.25) is 0 Å². The number of esters is 1. The third kappa shape index (κ3) is 5.24. The Morgan fingerprint density at radius 1 is 1.17 bits per heavy atom. The number of carbonyl (C=O) groups excluding carboxylic acids is 1. The highest BCUT2D eigenvalue weighted by atomic mass is 32.2. The van der Waals surface area contributed by atoms with Gasteiger partial charge >= 0.3 is 5.97 Å². The maximum absolute atomic E-state index is 13.2. The van der Waals surface area contributed by atoms with Crippen LogP contribution in [-0.4, -0.2) is 37.5 Å². The standard InChI is InChI=1S/C26H26N4O5S/c1-6-34-26(31)23-21(13-36-25-17(11-27)14(2)9-15(3)30-25)35-24(29)18(12-28)22(23)16-7-8-19(32-4)20(10-16)33-5/h7-10,22H,6,13,29H2,1-5H3/t22-/m1/s1. The second-order valence-electron chi connectivity index (χ2n) is 7.76. The summed E-state index contributed by atoms with van der Waals surface area (Å²) in [6.07, 6.45) is 0. The van der Waals surface area contributed by atoms with Crippen molar-refractivity contribution in [3.63, 3.8) is 0 Å². The number of pyridine rings is 1. The Labute approximate surface area is 214 Å². The van der Waals surface area contributed by atoms with E-state index < -0.39 is 11.9 Å². The molecule has 1 aromatic carbocycles. The second-order valence-corrected chi connectivity index (χ2v) is 8.72. The summed E-state index contributed by atoms with van der Waals surface area (Å²) < 4.78 is 21.9. The van der Waals surface area contributed by atoms with Crippen LogP contribution in [0, 0.1) is 36.5 Å². The van der Waals surface area contributed by atoms with Gasteiger partial charge in [0.2, 0.25) is 5.88 Å². The first kappa shape index (κ1) is 26.5. The summed E-state index contributed by atoms with van der Waals surface area (Å²) >= 11 is 1.24. The zero-order valence-electron chi connectivity index (χ0n) is 20.7. The Morgan fingerprint density at radius 2 is 1.89 bits per heavy atom. The number of nitrogens with two attached hydrogens (primary N) is 1. The first-order valence-electron chi connectivity index (χ1n) is 11.0. The van der Waals surface area contributed by atoms with E-state index in [1.54, 1.807) is 25.1 Å². The molecule has 3 rings (SSSR count). The van der Waals surface area contributed by atoms with Crippen LogP contribution in [0.25, 0.3) is 0 Å². The summed E-state index contributed by atoms with van der Waals surface area (Å²) in [7, 11) is 3.01. The van der Waals surface area contributed by atoms with Gasteiger partial charge in [-0.1, -0.05) is 17.8 Å². The van der Waals surface area contributed by atoms with Gasteiger partial charge < -0.3 is 24.7 Å². The van der Waals surface area contributed by atoms with Crippen molar-refractivity contribution in [3.05, 3.63) is 69.4 Å². The lowest BCUT2D eigenvalue weighted by atomic mass is 9.83. The Hall–Kier alpha value is -4.15. The number of hydrogen-bond donors (Lipinski definition) is 1. The topological polar surface area (TPSA) is 140 Å². The number of carbonyl (C=O) groups is 1. The van der Waals surface area contributed by atoms with E-state index >= 15 is 0 Å². The normalized spacial score (nSPS) is 15.0. The molecule has 0 aliphatic carbocycles. The molecule has 0 saturated carbocycles. The lowest BCUT2D eigenvalue weighted by Gasteiger charge is -2.28. The van der Waals surface area contributed by atoms with Crippen LogP contribution in [0.4, 0.5) is 0 Å². The Balaban J connectivity index is 2.16. The average molecular weight is 507 g/mol. The second kappa shape index (κ2) is 11.5. The van der Waals surface area contributed by atoms with E-state index in [4.69, 9.17) is 24.7 Å². The molecule has 0 fully saturated rings. The van der Waals surface area contributed by atoms with Crippen molar-refractivity contribution in [3.8, 4) is 23.6 Å². The zero-order valence-corrected chi connectivity index (χ0v) is 21.5. The number of thioether (sulfide) groups is 1. The van der Waals surface area contributed by atoms with Crippen molar-refractivity contribution in [1.82, 2.24) is 4.98 Å². The van der Waals surface area contributed by atoms with Crippen molar-refractivity contribution in [2.45, 2.75) is 31.7 Å². The molecule has 2 aromatic rings. The first-order chi connectivity index (χ1) is 17.3. The highest BCUT2D eigenvalue weighted by Crippen LogP contribution is 2.43. The third-order valence-electron chi connectivity index (χ3n) is 5.50. The first-order valence-corrected chi connectivity index (χ1v) is 12.0. The quantitative estimate of drug-likeness (QED) is 0.412. The third-order valence-corrected chi connectivity index (χ3v) is 6.47. The van der Waals surface area contributed by atoms with Crippen LogP contribution in [-0.2, 0) is 14.3 Å². The lowest BCUT2D eigenvalue weighted by molar-refractivity contribution is -0.139. The Bertz CT molecular complexity index is 1340. The van der Waals surface area contributed by atoms with Gasteiger partial charge in [0.05, 0.1) is 43.6 Å². The van der Waals surface area contributed by atoms with E-state index in [0.29, 0.717) is 27.7 Å². The minimum absolute atomic E-state index is 0.0706. The molecule has 2 N–H and O–H groups in total.